The number of carbonyl (C=O) groups excluding carboxylic acids is 1. The van der Waals surface area contributed by atoms with Gasteiger partial charge in [-0.3, -0.25) is 4.79 Å². The van der Waals surface area contributed by atoms with Gasteiger partial charge in [-0.2, -0.15) is 0 Å². The SMILES string of the molecule is CCCCN(CCC)c1ccc(NC=C2C(=O)Nc3cccc(F)c32)cc1F. The number of nitrogens with one attached hydrogen (secondary N) is 2. The fourth-order valence-corrected chi connectivity index (χ4v) is 3.32. The van der Waals surface area contributed by atoms with Crippen LogP contribution in [0.25, 0.3) is 5.57 Å². The predicted molar refractivity (Wildman–Crippen MR) is 110 cm³/mol. The average Bonchev–Trinajstić information content (AvgIpc) is 3.00. The standard InChI is InChI=1S/C22H25F2N3O/c1-3-5-12-27(11-4-2)20-10-9-15(13-18(20)24)25-14-16-21-17(23)7-6-8-19(21)26-22(16)28/h6-10,13-14,25H,3-5,11-12H2,1-2H3,(H,26,28). The van der Waals surface area contributed by atoms with E-state index < -0.39 is 11.7 Å². The molecular weight excluding hydrogens is 360 g/mol. The number of carbonyl (C=O) groups is 1. The Morgan fingerprint density at radius 2 is 1.89 bits per heavy atom. The van der Waals surface area contributed by atoms with Crippen LogP contribution in [-0.2, 0) is 4.79 Å². The number of amides is 1. The molecule has 0 spiro atoms. The number of nitrogens with zero attached hydrogens (tertiary/aromatic N) is 1. The molecule has 0 unspecified atom stereocenters. The molecule has 28 heavy (non-hydrogen) atoms. The summed E-state index contributed by atoms with van der Waals surface area (Å²) in [6, 6.07) is 9.39. The largest absolute Gasteiger partial charge is 0.369 e. The van der Waals surface area contributed by atoms with Crippen molar-refractivity contribution in [2.24, 2.45) is 0 Å². The van der Waals surface area contributed by atoms with E-state index in [0.717, 1.165) is 32.4 Å². The van der Waals surface area contributed by atoms with Crippen LogP contribution in [-0.4, -0.2) is 19.0 Å². The van der Waals surface area contributed by atoms with Crippen molar-refractivity contribution in [2.75, 3.05) is 28.6 Å². The van der Waals surface area contributed by atoms with Gasteiger partial charge >= 0.3 is 0 Å². The minimum atomic E-state index is -0.475. The first-order valence-corrected chi connectivity index (χ1v) is 9.66. The Bertz CT molecular complexity index is 895. The molecule has 4 nitrogen and oxygen atoms in total. The fourth-order valence-electron chi connectivity index (χ4n) is 3.32. The highest BCUT2D eigenvalue weighted by atomic mass is 19.1. The second kappa shape index (κ2) is 8.87. The van der Waals surface area contributed by atoms with Crippen molar-refractivity contribution in [3.8, 4) is 0 Å². The maximum Gasteiger partial charge on any atom is 0.257 e. The number of unbranched alkanes of at least 4 members (excludes halogenated alkanes) is 1. The predicted octanol–water partition coefficient (Wildman–Crippen LogP) is 5.39. The van der Waals surface area contributed by atoms with E-state index in [1.54, 1.807) is 24.3 Å². The van der Waals surface area contributed by atoms with E-state index in [9.17, 15) is 13.6 Å². The summed E-state index contributed by atoms with van der Waals surface area (Å²) in [4.78, 5) is 14.2. The van der Waals surface area contributed by atoms with Gasteiger partial charge in [-0.1, -0.05) is 26.3 Å². The van der Waals surface area contributed by atoms with Gasteiger partial charge < -0.3 is 15.5 Å². The zero-order chi connectivity index (χ0) is 20.1. The van der Waals surface area contributed by atoms with Crippen LogP contribution in [0.2, 0.25) is 0 Å². The third-order valence-corrected chi connectivity index (χ3v) is 4.72. The van der Waals surface area contributed by atoms with Crippen molar-refractivity contribution in [1.82, 2.24) is 0 Å². The summed E-state index contributed by atoms with van der Waals surface area (Å²) in [6.45, 7) is 5.79. The molecule has 0 fully saturated rings. The maximum absolute atomic E-state index is 14.7. The van der Waals surface area contributed by atoms with E-state index in [2.05, 4.69) is 29.4 Å². The molecule has 0 aromatic heterocycles. The van der Waals surface area contributed by atoms with Crippen molar-refractivity contribution in [1.29, 1.82) is 0 Å². The number of hydrogen-bond acceptors (Lipinski definition) is 3. The molecule has 6 heteroatoms. The molecule has 0 aliphatic carbocycles. The van der Waals surface area contributed by atoms with Gasteiger partial charge in [0.15, 0.2) is 0 Å². The number of halogens is 2. The first-order chi connectivity index (χ1) is 13.5. The van der Waals surface area contributed by atoms with Gasteiger partial charge in [-0.05, 0) is 43.2 Å². The monoisotopic (exact) mass is 385 g/mol. The fraction of sp³-hybridized carbons (Fsp3) is 0.318. The Morgan fingerprint density at radius 1 is 1.07 bits per heavy atom. The minimum Gasteiger partial charge on any atom is -0.369 e. The summed E-state index contributed by atoms with van der Waals surface area (Å²) in [5.41, 5.74) is 1.92. The number of anilines is 3. The lowest BCUT2D eigenvalue weighted by atomic mass is 10.1. The maximum atomic E-state index is 14.7. The third kappa shape index (κ3) is 4.16. The topological polar surface area (TPSA) is 44.4 Å². The first-order valence-electron chi connectivity index (χ1n) is 9.66. The van der Waals surface area contributed by atoms with Crippen molar-refractivity contribution < 1.29 is 13.6 Å². The summed E-state index contributed by atoms with van der Waals surface area (Å²) < 4.78 is 28.8. The van der Waals surface area contributed by atoms with Crippen LogP contribution >= 0.6 is 0 Å². The van der Waals surface area contributed by atoms with Gasteiger partial charge in [0.1, 0.15) is 11.6 Å². The second-order valence-electron chi connectivity index (χ2n) is 6.83. The van der Waals surface area contributed by atoms with E-state index in [1.165, 1.54) is 18.3 Å². The van der Waals surface area contributed by atoms with Crippen LogP contribution in [0.15, 0.2) is 42.6 Å². The highest BCUT2D eigenvalue weighted by molar-refractivity contribution is 6.31. The minimum absolute atomic E-state index is 0.188. The molecule has 0 atom stereocenters. The summed E-state index contributed by atoms with van der Waals surface area (Å²) in [5.74, 6) is -1.19. The third-order valence-electron chi connectivity index (χ3n) is 4.72. The normalized spacial score (nSPS) is 14.1. The molecular formula is C22H25F2N3O. The molecule has 0 radical (unpaired) electrons. The molecule has 0 saturated carbocycles. The van der Waals surface area contributed by atoms with E-state index in [4.69, 9.17) is 0 Å². The molecule has 0 bridgehead atoms. The second-order valence-corrected chi connectivity index (χ2v) is 6.83. The van der Waals surface area contributed by atoms with E-state index in [-0.39, 0.29) is 17.0 Å². The van der Waals surface area contributed by atoms with Crippen LogP contribution in [0.5, 0.6) is 0 Å². The Morgan fingerprint density at radius 3 is 2.61 bits per heavy atom. The molecule has 1 aliphatic rings. The Kier molecular flexibility index (Phi) is 6.29. The Balaban J connectivity index is 1.80. The smallest absolute Gasteiger partial charge is 0.257 e. The van der Waals surface area contributed by atoms with Crippen LogP contribution in [0, 0.1) is 11.6 Å². The molecule has 1 aliphatic heterocycles. The molecule has 3 rings (SSSR count). The van der Waals surface area contributed by atoms with Crippen LogP contribution < -0.4 is 15.5 Å². The highest BCUT2D eigenvalue weighted by Gasteiger charge is 2.27. The van der Waals surface area contributed by atoms with Gasteiger partial charge in [-0.25, -0.2) is 8.78 Å². The number of hydrogen-bond donors (Lipinski definition) is 2. The van der Waals surface area contributed by atoms with E-state index >= 15 is 0 Å². The Hall–Kier alpha value is -2.89. The quantitative estimate of drug-likeness (QED) is 0.599. The van der Waals surface area contributed by atoms with Gasteiger partial charge in [0.25, 0.3) is 5.91 Å². The lowest BCUT2D eigenvalue weighted by Crippen LogP contribution is -2.26. The lowest BCUT2D eigenvalue weighted by Gasteiger charge is -2.25. The van der Waals surface area contributed by atoms with Crippen molar-refractivity contribution in [2.45, 2.75) is 33.1 Å². The zero-order valence-corrected chi connectivity index (χ0v) is 16.2. The highest BCUT2D eigenvalue weighted by Crippen LogP contribution is 2.33. The zero-order valence-electron chi connectivity index (χ0n) is 16.2. The van der Waals surface area contributed by atoms with Crippen molar-refractivity contribution in [3.63, 3.8) is 0 Å². The van der Waals surface area contributed by atoms with Gasteiger partial charge in [0, 0.05) is 30.5 Å². The van der Waals surface area contributed by atoms with Crippen LogP contribution in [0.3, 0.4) is 0 Å². The lowest BCUT2D eigenvalue weighted by molar-refractivity contribution is -0.110. The number of benzene rings is 2. The van der Waals surface area contributed by atoms with Crippen molar-refractivity contribution >= 4 is 28.5 Å². The van der Waals surface area contributed by atoms with E-state index in [0.29, 0.717) is 17.1 Å². The van der Waals surface area contributed by atoms with Crippen LogP contribution in [0.1, 0.15) is 38.7 Å². The van der Waals surface area contributed by atoms with Crippen LogP contribution in [0.4, 0.5) is 25.8 Å². The molecule has 2 aromatic rings. The summed E-state index contributed by atoms with van der Waals surface area (Å²) in [5, 5.41) is 5.54. The molecule has 0 saturated heterocycles. The van der Waals surface area contributed by atoms with Gasteiger partial charge in [0.05, 0.1) is 16.9 Å². The summed E-state index contributed by atoms with van der Waals surface area (Å²) in [6.07, 6.45) is 4.41. The van der Waals surface area contributed by atoms with Gasteiger partial charge in [-0.15, -0.1) is 0 Å². The van der Waals surface area contributed by atoms with Crippen molar-refractivity contribution in [3.05, 3.63) is 59.8 Å². The summed E-state index contributed by atoms with van der Waals surface area (Å²) >= 11 is 0. The van der Waals surface area contributed by atoms with Gasteiger partial charge in [0.2, 0.25) is 0 Å². The molecule has 2 N–H and O–H groups in total. The number of fused-ring (bicyclic) bond motifs is 1. The number of rotatable bonds is 8. The molecule has 148 valence electrons. The molecule has 2 aromatic carbocycles. The molecule has 1 heterocycles. The van der Waals surface area contributed by atoms with E-state index in [1.807, 2.05) is 0 Å². The molecule has 1 amide bonds. The summed E-state index contributed by atoms with van der Waals surface area (Å²) in [7, 11) is 0. The first kappa shape index (κ1) is 19.9. The average molecular weight is 385 g/mol. The Labute approximate surface area is 164 Å².